The fourth-order valence-corrected chi connectivity index (χ4v) is 2.69. The Hall–Kier alpha value is -2.99. The largest absolute Gasteiger partial charge is 0.489 e. The molecule has 2 aromatic carbocycles. The number of ketones is 1. The number of hydrogen-bond acceptors (Lipinski definition) is 4. The van der Waals surface area contributed by atoms with Gasteiger partial charge in [-0.2, -0.15) is 0 Å². The van der Waals surface area contributed by atoms with E-state index >= 15 is 0 Å². The van der Waals surface area contributed by atoms with Gasteiger partial charge in [0.25, 0.3) is 0 Å². The Morgan fingerprint density at radius 1 is 1.20 bits per heavy atom. The number of aldehydes is 1. The van der Waals surface area contributed by atoms with Gasteiger partial charge in [0.15, 0.2) is 6.29 Å². The van der Waals surface area contributed by atoms with E-state index in [1.807, 2.05) is 0 Å². The number of carbonyl (C=O) groups excluding carboxylic acids is 2. The van der Waals surface area contributed by atoms with Crippen LogP contribution in [0.1, 0.15) is 16.1 Å². The molecule has 0 aliphatic rings. The highest BCUT2D eigenvalue weighted by Gasteiger charge is 2.16. The molecule has 0 fully saturated rings. The number of carbonyl (C=O) groups is 2. The van der Waals surface area contributed by atoms with Crippen LogP contribution in [0.5, 0.6) is 5.75 Å². The number of benzene rings is 2. The van der Waals surface area contributed by atoms with Crippen molar-refractivity contribution < 1.29 is 23.8 Å². The van der Waals surface area contributed by atoms with Gasteiger partial charge in [-0.25, -0.2) is 4.39 Å². The maximum absolute atomic E-state index is 12.9. The van der Waals surface area contributed by atoms with Crippen LogP contribution in [-0.4, -0.2) is 28.3 Å². The lowest BCUT2D eigenvalue weighted by Gasteiger charge is -2.07. The highest BCUT2D eigenvalue weighted by atomic mass is 19.1. The lowest BCUT2D eigenvalue weighted by Crippen LogP contribution is -2.11. The summed E-state index contributed by atoms with van der Waals surface area (Å²) in [6.45, 7) is 0.323. The smallest absolute Gasteiger partial charge is 0.242 e. The van der Waals surface area contributed by atoms with Crippen molar-refractivity contribution >= 4 is 22.8 Å². The van der Waals surface area contributed by atoms with Crippen LogP contribution in [0.3, 0.4) is 0 Å². The van der Waals surface area contributed by atoms with E-state index in [0.717, 1.165) is 10.9 Å². The first-order valence-corrected chi connectivity index (χ1v) is 7.73. The van der Waals surface area contributed by atoms with Crippen LogP contribution in [-0.2, 0) is 17.9 Å². The number of fused-ring (bicyclic) bond motifs is 1. The van der Waals surface area contributed by atoms with Crippen LogP contribution in [0.25, 0.3) is 10.8 Å². The van der Waals surface area contributed by atoms with Gasteiger partial charge >= 0.3 is 0 Å². The number of hydrogen-bond donors (Lipinski definition) is 1. The number of nitrogens with zero attached hydrogens (tertiary/aromatic N) is 1. The van der Waals surface area contributed by atoms with Crippen LogP contribution in [0, 0.1) is 5.82 Å². The summed E-state index contributed by atoms with van der Waals surface area (Å²) in [6, 6.07) is 11.2. The summed E-state index contributed by atoms with van der Waals surface area (Å²) >= 11 is 0. The second kappa shape index (κ2) is 7.27. The van der Waals surface area contributed by atoms with Crippen molar-refractivity contribution in [1.29, 1.82) is 0 Å². The van der Waals surface area contributed by atoms with Gasteiger partial charge in [-0.1, -0.05) is 12.1 Å². The first kappa shape index (κ1) is 16.9. The maximum Gasteiger partial charge on any atom is 0.242 e. The van der Waals surface area contributed by atoms with Crippen LogP contribution < -0.4 is 4.74 Å². The Morgan fingerprint density at radius 3 is 2.64 bits per heavy atom. The summed E-state index contributed by atoms with van der Waals surface area (Å²) in [5, 5.41) is 10.5. The lowest BCUT2D eigenvalue weighted by atomic mass is 10.1. The summed E-state index contributed by atoms with van der Waals surface area (Å²) < 4.78 is 20.2. The molecule has 6 heteroatoms. The quantitative estimate of drug-likeness (QED) is 0.408. The zero-order valence-corrected chi connectivity index (χ0v) is 13.3. The van der Waals surface area contributed by atoms with E-state index in [9.17, 15) is 14.0 Å². The average Bonchev–Trinajstić information content (AvgIpc) is 2.98. The molecule has 25 heavy (non-hydrogen) atoms. The molecule has 0 amide bonds. The topological polar surface area (TPSA) is 68.5 Å². The van der Waals surface area contributed by atoms with Gasteiger partial charge in [0.2, 0.25) is 5.78 Å². The minimum Gasteiger partial charge on any atom is -0.489 e. The zero-order valence-electron chi connectivity index (χ0n) is 13.3. The SMILES string of the molecule is O=CC(=O)c1c2cc(OCc3ccc(F)cc3)ccc2cn1CCO. The van der Waals surface area contributed by atoms with E-state index < -0.39 is 5.78 Å². The summed E-state index contributed by atoms with van der Waals surface area (Å²) in [5.74, 6) is -0.440. The number of aliphatic hydroxyl groups is 1. The normalized spacial score (nSPS) is 10.8. The fourth-order valence-electron chi connectivity index (χ4n) is 2.69. The van der Waals surface area contributed by atoms with Crippen LogP contribution >= 0.6 is 0 Å². The maximum atomic E-state index is 12.9. The van der Waals surface area contributed by atoms with Gasteiger partial charge in [0, 0.05) is 23.5 Å². The van der Waals surface area contributed by atoms with Crippen molar-refractivity contribution in [3.05, 3.63) is 65.7 Å². The minimum absolute atomic E-state index is 0.145. The summed E-state index contributed by atoms with van der Waals surface area (Å²) in [6.07, 6.45) is 1.97. The van der Waals surface area contributed by atoms with Gasteiger partial charge in [-0.15, -0.1) is 0 Å². The molecule has 0 saturated heterocycles. The summed E-state index contributed by atoms with van der Waals surface area (Å²) in [7, 11) is 0. The van der Waals surface area contributed by atoms with Gasteiger partial charge in [-0.3, -0.25) is 9.59 Å². The third-order valence-corrected chi connectivity index (χ3v) is 3.86. The van der Waals surface area contributed by atoms with Crippen molar-refractivity contribution in [3.8, 4) is 5.75 Å². The summed E-state index contributed by atoms with van der Waals surface area (Å²) in [4.78, 5) is 22.9. The number of aliphatic hydroxyl groups excluding tert-OH is 1. The number of aromatic nitrogens is 1. The molecule has 0 radical (unpaired) electrons. The van der Waals surface area contributed by atoms with E-state index in [1.165, 1.54) is 12.1 Å². The molecular weight excluding hydrogens is 325 g/mol. The van der Waals surface area contributed by atoms with E-state index in [2.05, 4.69) is 0 Å². The molecule has 0 spiro atoms. The first-order chi connectivity index (χ1) is 12.1. The Kier molecular flexibility index (Phi) is 4.90. The molecule has 5 nitrogen and oxygen atoms in total. The lowest BCUT2D eigenvalue weighted by molar-refractivity contribution is -0.104. The van der Waals surface area contributed by atoms with Crippen molar-refractivity contribution in [3.63, 3.8) is 0 Å². The Labute approximate surface area is 143 Å². The van der Waals surface area contributed by atoms with Crippen LogP contribution in [0.4, 0.5) is 4.39 Å². The monoisotopic (exact) mass is 341 g/mol. The number of ether oxygens (including phenoxy) is 1. The number of halogens is 1. The van der Waals surface area contributed by atoms with Gasteiger partial charge in [0.05, 0.1) is 6.61 Å². The first-order valence-electron chi connectivity index (χ1n) is 7.73. The molecule has 1 heterocycles. The number of Topliss-reactive ketones (excluding diaryl/α,β-unsaturated/α-hetero) is 1. The molecule has 0 aliphatic heterocycles. The second-order valence-corrected chi connectivity index (χ2v) is 5.54. The van der Waals surface area contributed by atoms with Crippen molar-refractivity contribution in [2.24, 2.45) is 0 Å². The Bertz CT molecular complexity index is 915. The molecule has 0 bridgehead atoms. The molecule has 0 unspecified atom stereocenters. The molecule has 0 aliphatic carbocycles. The second-order valence-electron chi connectivity index (χ2n) is 5.54. The fraction of sp³-hybridized carbons (Fsp3) is 0.158. The molecule has 1 aromatic heterocycles. The summed E-state index contributed by atoms with van der Waals surface area (Å²) in [5.41, 5.74) is 1.04. The van der Waals surface area contributed by atoms with Gasteiger partial charge in [-0.05, 0) is 35.9 Å². The molecule has 3 rings (SSSR count). The predicted molar refractivity (Wildman–Crippen MR) is 90.2 cm³/mol. The Morgan fingerprint density at radius 2 is 1.96 bits per heavy atom. The van der Waals surface area contributed by atoms with Crippen molar-refractivity contribution in [2.75, 3.05) is 6.61 Å². The van der Waals surface area contributed by atoms with E-state index in [4.69, 9.17) is 9.84 Å². The van der Waals surface area contributed by atoms with E-state index in [0.29, 0.717) is 11.1 Å². The van der Waals surface area contributed by atoms with Crippen molar-refractivity contribution in [1.82, 2.24) is 4.57 Å². The minimum atomic E-state index is -0.654. The molecule has 0 saturated carbocycles. The van der Waals surface area contributed by atoms with Crippen LogP contribution in [0.15, 0.2) is 48.7 Å². The highest BCUT2D eigenvalue weighted by molar-refractivity contribution is 6.35. The van der Waals surface area contributed by atoms with Crippen LogP contribution in [0.2, 0.25) is 0 Å². The molecule has 1 N–H and O–H groups in total. The van der Waals surface area contributed by atoms with Crippen molar-refractivity contribution in [2.45, 2.75) is 13.2 Å². The third kappa shape index (κ3) is 3.59. The highest BCUT2D eigenvalue weighted by Crippen LogP contribution is 2.27. The molecule has 0 atom stereocenters. The molecule has 128 valence electrons. The average molecular weight is 341 g/mol. The number of rotatable bonds is 7. The third-order valence-electron chi connectivity index (χ3n) is 3.86. The molecule has 3 aromatic rings. The predicted octanol–water partition coefficient (Wildman–Crippen LogP) is 2.73. The van der Waals surface area contributed by atoms with Gasteiger partial charge < -0.3 is 14.4 Å². The van der Waals surface area contributed by atoms with Gasteiger partial charge in [0.1, 0.15) is 23.9 Å². The van der Waals surface area contributed by atoms with E-state index in [1.54, 1.807) is 41.1 Å². The zero-order chi connectivity index (χ0) is 17.8. The standard InChI is InChI=1S/C19H16FNO4/c20-15-4-1-13(2-5-15)12-25-16-6-3-14-10-21(7-8-22)19(17(14)9-16)18(24)11-23/h1-6,9-11,22H,7-8,12H2. The van der Waals surface area contributed by atoms with E-state index in [-0.39, 0.29) is 37.6 Å². The molecular formula is C19H16FNO4. The Balaban J connectivity index is 1.91.